The minimum absolute atomic E-state index is 0.168. The molecule has 3 rings (SSSR count). The first-order valence-corrected chi connectivity index (χ1v) is 11.8. The molecule has 140 valence electrons. The van der Waals surface area contributed by atoms with Gasteiger partial charge in [-0.1, -0.05) is 25.1 Å². The number of pyridine rings is 1. The van der Waals surface area contributed by atoms with E-state index in [0.717, 1.165) is 17.7 Å². The SMILES string of the molecule is CCc1ccc(S(=O)(=O)C2CS(=O)(=O)CC2NCc2ccccn2)cc1. The fourth-order valence-corrected chi connectivity index (χ4v) is 7.86. The summed E-state index contributed by atoms with van der Waals surface area (Å²) in [7, 11) is -7.17. The smallest absolute Gasteiger partial charge is 0.183 e. The first kappa shape index (κ1) is 19.0. The van der Waals surface area contributed by atoms with Crippen molar-refractivity contribution in [2.75, 3.05) is 11.5 Å². The molecule has 2 heterocycles. The molecule has 0 amide bonds. The van der Waals surface area contributed by atoms with Crippen LogP contribution in [0.15, 0.2) is 53.6 Å². The van der Waals surface area contributed by atoms with Crippen molar-refractivity contribution < 1.29 is 16.8 Å². The second kappa shape index (κ2) is 7.46. The number of nitrogens with zero attached hydrogens (tertiary/aromatic N) is 1. The average molecular weight is 395 g/mol. The highest BCUT2D eigenvalue weighted by Crippen LogP contribution is 2.26. The normalized spacial score (nSPS) is 22.3. The van der Waals surface area contributed by atoms with Crippen molar-refractivity contribution in [3.05, 3.63) is 59.9 Å². The molecule has 8 heteroatoms. The number of hydrogen-bond donors (Lipinski definition) is 1. The van der Waals surface area contributed by atoms with Gasteiger partial charge in [-0.25, -0.2) is 16.8 Å². The quantitative estimate of drug-likeness (QED) is 0.795. The van der Waals surface area contributed by atoms with Crippen molar-refractivity contribution in [1.82, 2.24) is 10.3 Å². The first-order valence-electron chi connectivity index (χ1n) is 8.48. The van der Waals surface area contributed by atoms with Crippen LogP contribution in [0.25, 0.3) is 0 Å². The molecular formula is C18H22N2O4S2. The summed E-state index contributed by atoms with van der Waals surface area (Å²) in [4.78, 5) is 4.35. The van der Waals surface area contributed by atoms with Gasteiger partial charge in [0.05, 0.1) is 27.3 Å². The van der Waals surface area contributed by atoms with E-state index in [2.05, 4.69) is 10.3 Å². The maximum Gasteiger partial charge on any atom is 0.183 e. The van der Waals surface area contributed by atoms with Crippen molar-refractivity contribution in [2.45, 2.75) is 36.1 Å². The largest absolute Gasteiger partial charge is 0.306 e. The third-order valence-corrected chi connectivity index (χ3v) is 8.80. The summed E-state index contributed by atoms with van der Waals surface area (Å²) in [5.41, 5.74) is 1.77. The molecule has 2 aromatic rings. The zero-order valence-electron chi connectivity index (χ0n) is 14.5. The molecule has 2 atom stereocenters. The Morgan fingerprint density at radius 2 is 1.85 bits per heavy atom. The fourth-order valence-electron chi connectivity index (χ4n) is 3.14. The maximum absolute atomic E-state index is 13.0. The van der Waals surface area contributed by atoms with Crippen LogP contribution in [0.2, 0.25) is 0 Å². The van der Waals surface area contributed by atoms with Crippen LogP contribution in [0, 0.1) is 0 Å². The highest BCUT2D eigenvalue weighted by molar-refractivity contribution is 7.96. The second-order valence-electron chi connectivity index (χ2n) is 6.47. The maximum atomic E-state index is 13.0. The fraction of sp³-hybridized carbons (Fsp3) is 0.389. The van der Waals surface area contributed by atoms with Gasteiger partial charge in [0.25, 0.3) is 0 Å². The molecule has 0 aliphatic carbocycles. The van der Waals surface area contributed by atoms with Gasteiger partial charge in [0, 0.05) is 18.8 Å². The number of sulfone groups is 2. The van der Waals surface area contributed by atoms with Crippen LogP contribution >= 0.6 is 0 Å². The van der Waals surface area contributed by atoms with Crippen LogP contribution in [0.5, 0.6) is 0 Å². The Morgan fingerprint density at radius 3 is 2.46 bits per heavy atom. The molecule has 1 saturated heterocycles. The Hall–Kier alpha value is -1.77. The summed E-state index contributed by atoms with van der Waals surface area (Å²) in [6.07, 6.45) is 2.46. The lowest BCUT2D eigenvalue weighted by atomic mass is 10.2. The number of rotatable bonds is 6. The van der Waals surface area contributed by atoms with E-state index in [1.807, 2.05) is 19.1 Å². The summed E-state index contributed by atoms with van der Waals surface area (Å²) >= 11 is 0. The lowest BCUT2D eigenvalue weighted by Gasteiger charge is -2.20. The highest BCUT2D eigenvalue weighted by atomic mass is 32.2. The van der Waals surface area contributed by atoms with Gasteiger partial charge >= 0.3 is 0 Å². The molecule has 1 fully saturated rings. The van der Waals surface area contributed by atoms with Crippen LogP contribution in [0.3, 0.4) is 0 Å². The third kappa shape index (κ3) is 4.13. The molecule has 1 N–H and O–H groups in total. The number of nitrogens with one attached hydrogen (secondary N) is 1. The number of aryl methyl sites for hydroxylation is 1. The monoisotopic (exact) mass is 394 g/mol. The predicted octanol–water partition coefficient (Wildman–Crippen LogP) is 1.37. The van der Waals surface area contributed by atoms with Crippen LogP contribution in [0.4, 0.5) is 0 Å². The molecule has 1 aromatic carbocycles. The van der Waals surface area contributed by atoms with Gasteiger partial charge < -0.3 is 5.32 Å². The number of aromatic nitrogens is 1. The molecule has 2 unspecified atom stereocenters. The average Bonchev–Trinajstić information content (AvgIpc) is 2.96. The molecule has 0 radical (unpaired) electrons. The van der Waals surface area contributed by atoms with Gasteiger partial charge in [-0.15, -0.1) is 0 Å². The van der Waals surface area contributed by atoms with Crippen LogP contribution in [-0.4, -0.2) is 44.6 Å². The van der Waals surface area contributed by atoms with Crippen molar-refractivity contribution >= 4 is 19.7 Å². The minimum Gasteiger partial charge on any atom is -0.306 e. The van der Waals surface area contributed by atoms with Gasteiger partial charge in [-0.3, -0.25) is 4.98 Å². The van der Waals surface area contributed by atoms with E-state index in [9.17, 15) is 16.8 Å². The van der Waals surface area contributed by atoms with Crippen molar-refractivity contribution in [3.8, 4) is 0 Å². The molecule has 6 nitrogen and oxygen atoms in total. The first-order chi connectivity index (χ1) is 12.3. The van der Waals surface area contributed by atoms with Gasteiger partial charge in [0.15, 0.2) is 19.7 Å². The molecule has 26 heavy (non-hydrogen) atoms. The number of hydrogen-bond acceptors (Lipinski definition) is 6. The standard InChI is InChI=1S/C18H22N2O4S2/c1-2-14-6-8-16(9-7-14)26(23,24)18-13-25(21,22)12-17(18)20-11-15-5-3-4-10-19-15/h3-10,17-18,20H,2,11-13H2,1H3. The van der Waals surface area contributed by atoms with E-state index in [0.29, 0.717) is 6.54 Å². The van der Waals surface area contributed by atoms with Crippen LogP contribution < -0.4 is 5.32 Å². The van der Waals surface area contributed by atoms with Gasteiger partial charge in [-0.05, 0) is 36.2 Å². The Morgan fingerprint density at radius 1 is 1.12 bits per heavy atom. The van der Waals surface area contributed by atoms with Gasteiger partial charge in [0.1, 0.15) is 0 Å². The summed E-state index contributed by atoms with van der Waals surface area (Å²) in [6.45, 7) is 2.31. The Kier molecular flexibility index (Phi) is 5.45. The molecular weight excluding hydrogens is 372 g/mol. The second-order valence-corrected chi connectivity index (χ2v) is 10.8. The van der Waals surface area contributed by atoms with E-state index >= 15 is 0 Å². The molecule has 0 bridgehead atoms. The molecule has 1 aliphatic rings. The highest BCUT2D eigenvalue weighted by Gasteiger charge is 2.45. The predicted molar refractivity (Wildman–Crippen MR) is 100 cm³/mol. The number of benzene rings is 1. The van der Waals surface area contributed by atoms with Crippen LogP contribution in [-0.2, 0) is 32.6 Å². The summed E-state index contributed by atoms with van der Waals surface area (Å²) in [5, 5.41) is 2.08. The van der Waals surface area contributed by atoms with E-state index in [1.54, 1.807) is 36.5 Å². The summed E-state index contributed by atoms with van der Waals surface area (Å²) < 4.78 is 50.3. The van der Waals surface area contributed by atoms with E-state index in [4.69, 9.17) is 0 Å². The molecule has 0 saturated carbocycles. The minimum atomic E-state index is -3.75. The third-order valence-electron chi connectivity index (χ3n) is 4.63. The van der Waals surface area contributed by atoms with Gasteiger partial charge in [-0.2, -0.15) is 0 Å². The van der Waals surface area contributed by atoms with Gasteiger partial charge in [0.2, 0.25) is 0 Å². The molecule has 0 spiro atoms. The topological polar surface area (TPSA) is 93.2 Å². The lowest BCUT2D eigenvalue weighted by molar-refractivity contribution is 0.523. The zero-order chi connectivity index (χ0) is 18.8. The summed E-state index contributed by atoms with van der Waals surface area (Å²) in [5.74, 6) is -0.540. The Balaban J connectivity index is 1.84. The van der Waals surface area contributed by atoms with E-state index in [1.165, 1.54) is 0 Å². The Labute approximate surface area is 154 Å². The van der Waals surface area contributed by atoms with Crippen molar-refractivity contribution in [3.63, 3.8) is 0 Å². The lowest BCUT2D eigenvalue weighted by Crippen LogP contribution is -2.43. The van der Waals surface area contributed by atoms with Crippen molar-refractivity contribution in [2.24, 2.45) is 0 Å². The zero-order valence-corrected chi connectivity index (χ0v) is 16.1. The molecule has 1 aliphatic heterocycles. The molecule has 1 aromatic heterocycles. The summed E-state index contributed by atoms with van der Waals surface area (Å²) in [6, 6.07) is 11.4. The van der Waals surface area contributed by atoms with E-state index < -0.39 is 31.0 Å². The van der Waals surface area contributed by atoms with Crippen LogP contribution in [0.1, 0.15) is 18.2 Å². The Bertz CT molecular complexity index is 956. The van der Waals surface area contributed by atoms with Crippen molar-refractivity contribution in [1.29, 1.82) is 0 Å². The van der Waals surface area contributed by atoms with E-state index in [-0.39, 0.29) is 16.4 Å².